The molecule has 0 aromatic rings. The van der Waals surface area contributed by atoms with E-state index in [-0.39, 0.29) is 5.54 Å². The minimum Gasteiger partial charge on any atom is -0.381 e. The molecule has 1 N–H and O–H groups in total. The molecule has 2 unspecified atom stereocenters. The van der Waals surface area contributed by atoms with E-state index in [1.165, 1.54) is 38.5 Å². The first kappa shape index (κ1) is 14.0. The molecule has 1 spiro atoms. The van der Waals surface area contributed by atoms with Crippen LogP contribution in [0.4, 0.5) is 0 Å². The Morgan fingerprint density at radius 1 is 1.14 bits per heavy atom. The summed E-state index contributed by atoms with van der Waals surface area (Å²) in [5.41, 5.74) is -0.202. The van der Waals surface area contributed by atoms with E-state index in [0.717, 1.165) is 39.0 Å². The van der Waals surface area contributed by atoms with Crippen molar-refractivity contribution < 1.29 is 9.53 Å². The second-order valence-electron chi connectivity index (χ2n) is 7.61. The Balaban J connectivity index is 1.54. The van der Waals surface area contributed by atoms with Gasteiger partial charge >= 0.3 is 0 Å². The van der Waals surface area contributed by atoms with Crippen LogP contribution in [0.15, 0.2) is 0 Å². The van der Waals surface area contributed by atoms with Crippen molar-refractivity contribution in [2.45, 2.75) is 69.5 Å². The van der Waals surface area contributed by atoms with Gasteiger partial charge in [0.15, 0.2) is 0 Å². The van der Waals surface area contributed by atoms with E-state index in [0.29, 0.717) is 23.9 Å². The van der Waals surface area contributed by atoms with Crippen LogP contribution in [0.1, 0.15) is 57.8 Å². The van der Waals surface area contributed by atoms with E-state index < -0.39 is 0 Å². The van der Waals surface area contributed by atoms with Gasteiger partial charge in [0.1, 0.15) is 0 Å². The molecular weight excluding hydrogens is 264 g/mol. The summed E-state index contributed by atoms with van der Waals surface area (Å²) in [6.45, 7) is 2.63. The first-order valence-corrected chi connectivity index (χ1v) is 8.95. The van der Waals surface area contributed by atoms with E-state index in [1.807, 2.05) is 0 Å². The number of nitrogens with zero attached hydrogens (tertiary/aromatic N) is 1. The van der Waals surface area contributed by atoms with Gasteiger partial charge in [-0.1, -0.05) is 25.7 Å². The highest BCUT2D eigenvalue weighted by Crippen LogP contribution is 2.41. The number of carbonyl (C=O) groups excluding carboxylic acids is 1. The fraction of sp³-hybridized carbons (Fsp3) is 0.941. The van der Waals surface area contributed by atoms with Crippen molar-refractivity contribution in [2.75, 3.05) is 19.8 Å². The Morgan fingerprint density at radius 2 is 1.90 bits per heavy atom. The molecule has 4 nitrogen and oxygen atoms in total. The van der Waals surface area contributed by atoms with Crippen molar-refractivity contribution in [3.63, 3.8) is 0 Å². The minimum absolute atomic E-state index is 0.202. The number of carbonyl (C=O) groups is 1. The molecule has 0 bridgehead atoms. The lowest BCUT2D eigenvalue weighted by Gasteiger charge is -2.30. The average Bonchev–Trinajstić information content (AvgIpc) is 3.26. The molecule has 21 heavy (non-hydrogen) atoms. The first-order valence-electron chi connectivity index (χ1n) is 8.95. The van der Waals surface area contributed by atoms with Crippen LogP contribution in [0.5, 0.6) is 0 Å². The molecular formula is C17H28N2O2. The van der Waals surface area contributed by atoms with Gasteiger partial charge in [-0.25, -0.2) is 0 Å². The molecule has 0 aromatic carbocycles. The quantitative estimate of drug-likeness (QED) is 0.868. The molecule has 4 aliphatic rings. The highest BCUT2D eigenvalue weighted by molar-refractivity contribution is 5.89. The van der Waals surface area contributed by atoms with Crippen LogP contribution >= 0.6 is 0 Å². The van der Waals surface area contributed by atoms with E-state index in [9.17, 15) is 4.79 Å². The Morgan fingerprint density at radius 3 is 2.57 bits per heavy atom. The van der Waals surface area contributed by atoms with Crippen LogP contribution in [0.2, 0.25) is 0 Å². The van der Waals surface area contributed by atoms with Gasteiger partial charge in [0.2, 0.25) is 5.91 Å². The van der Waals surface area contributed by atoms with Crippen molar-refractivity contribution in [2.24, 2.45) is 11.8 Å². The van der Waals surface area contributed by atoms with E-state index in [1.54, 1.807) is 0 Å². The van der Waals surface area contributed by atoms with Crippen LogP contribution in [0.25, 0.3) is 0 Å². The predicted molar refractivity (Wildman–Crippen MR) is 80.7 cm³/mol. The lowest BCUT2D eigenvalue weighted by Crippen LogP contribution is -2.46. The van der Waals surface area contributed by atoms with Crippen molar-refractivity contribution in [1.82, 2.24) is 10.2 Å². The molecule has 0 radical (unpaired) electrons. The summed E-state index contributed by atoms with van der Waals surface area (Å²) in [5.74, 6) is 1.64. The molecule has 2 atom stereocenters. The number of nitrogens with one attached hydrogen (secondary N) is 1. The fourth-order valence-corrected chi connectivity index (χ4v) is 5.01. The van der Waals surface area contributed by atoms with Crippen LogP contribution < -0.4 is 5.32 Å². The lowest BCUT2D eigenvalue weighted by atomic mass is 9.97. The van der Waals surface area contributed by atoms with Crippen LogP contribution in [0, 0.1) is 11.8 Å². The van der Waals surface area contributed by atoms with Crippen molar-refractivity contribution in [3.8, 4) is 0 Å². The Kier molecular flexibility index (Phi) is 3.70. The van der Waals surface area contributed by atoms with Crippen molar-refractivity contribution in [3.05, 3.63) is 0 Å². The van der Waals surface area contributed by atoms with E-state index in [4.69, 9.17) is 4.74 Å². The molecule has 0 aromatic heterocycles. The van der Waals surface area contributed by atoms with Crippen molar-refractivity contribution in [1.29, 1.82) is 0 Å². The monoisotopic (exact) mass is 292 g/mol. The molecule has 2 aliphatic carbocycles. The van der Waals surface area contributed by atoms with Crippen molar-refractivity contribution >= 4 is 5.91 Å². The molecule has 4 heteroatoms. The van der Waals surface area contributed by atoms with Gasteiger partial charge in [0.05, 0.1) is 18.3 Å². The third kappa shape index (κ3) is 2.40. The van der Waals surface area contributed by atoms with Gasteiger partial charge in [0.25, 0.3) is 0 Å². The number of hydrogen-bond donors (Lipinski definition) is 1. The molecule has 2 saturated carbocycles. The Bertz CT molecular complexity index is 394. The minimum atomic E-state index is -0.202. The zero-order chi connectivity index (χ0) is 14.3. The molecule has 4 fully saturated rings. The number of rotatable bonds is 3. The van der Waals surface area contributed by atoms with Gasteiger partial charge in [0, 0.05) is 19.1 Å². The standard InChI is InChI=1S/C17H28N2O2/c20-16-17(8-3-4-9-17)18-15(14-5-1-2-6-14)19(16)11-13-7-10-21-12-13/h13-15,18H,1-12H2. The van der Waals surface area contributed by atoms with Crippen LogP contribution in [-0.4, -0.2) is 42.3 Å². The summed E-state index contributed by atoms with van der Waals surface area (Å²) in [4.78, 5) is 15.3. The zero-order valence-corrected chi connectivity index (χ0v) is 13.0. The van der Waals surface area contributed by atoms with Gasteiger partial charge in [-0.05, 0) is 38.0 Å². The maximum absolute atomic E-state index is 13.1. The van der Waals surface area contributed by atoms with Gasteiger partial charge in [-0.3, -0.25) is 10.1 Å². The summed E-state index contributed by atoms with van der Waals surface area (Å²) in [6.07, 6.45) is 11.2. The summed E-state index contributed by atoms with van der Waals surface area (Å²) in [5, 5.41) is 3.82. The summed E-state index contributed by atoms with van der Waals surface area (Å²) < 4.78 is 5.52. The Labute approximate surface area is 127 Å². The SMILES string of the molecule is O=C1N(CC2CCOC2)C(C2CCCC2)NC12CCCC2. The number of amides is 1. The maximum Gasteiger partial charge on any atom is 0.244 e. The second-order valence-corrected chi connectivity index (χ2v) is 7.61. The average molecular weight is 292 g/mol. The lowest BCUT2D eigenvalue weighted by molar-refractivity contribution is -0.134. The first-order chi connectivity index (χ1) is 10.3. The molecule has 2 saturated heterocycles. The smallest absolute Gasteiger partial charge is 0.244 e. The van der Waals surface area contributed by atoms with Gasteiger partial charge in [-0.15, -0.1) is 0 Å². The Hall–Kier alpha value is -0.610. The van der Waals surface area contributed by atoms with Gasteiger partial charge in [-0.2, -0.15) is 0 Å². The number of hydrogen-bond acceptors (Lipinski definition) is 3. The molecule has 4 rings (SSSR count). The molecule has 2 aliphatic heterocycles. The molecule has 118 valence electrons. The normalized spacial score (nSPS) is 36.4. The highest BCUT2D eigenvalue weighted by Gasteiger charge is 2.54. The summed E-state index contributed by atoms with van der Waals surface area (Å²) >= 11 is 0. The second kappa shape index (κ2) is 5.54. The zero-order valence-electron chi connectivity index (χ0n) is 13.0. The summed E-state index contributed by atoms with van der Waals surface area (Å²) in [6, 6.07) is 0. The van der Waals surface area contributed by atoms with Gasteiger partial charge < -0.3 is 9.64 Å². The number of ether oxygens (including phenoxy) is 1. The topological polar surface area (TPSA) is 41.6 Å². The van der Waals surface area contributed by atoms with E-state index >= 15 is 0 Å². The third-order valence-corrected chi connectivity index (χ3v) is 6.21. The third-order valence-electron chi connectivity index (χ3n) is 6.21. The fourth-order valence-electron chi connectivity index (χ4n) is 5.01. The van der Waals surface area contributed by atoms with Crippen LogP contribution in [-0.2, 0) is 9.53 Å². The largest absolute Gasteiger partial charge is 0.381 e. The maximum atomic E-state index is 13.1. The summed E-state index contributed by atoms with van der Waals surface area (Å²) in [7, 11) is 0. The highest BCUT2D eigenvalue weighted by atomic mass is 16.5. The van der Waals surface area contributed by atoms with Crippen LogP contribution in [0.3, 0.4) is 0 Å². The predicted octanol–water partition coefficient (Wildman–Crippen LogP) is 2.28. The molecule has 1 amide bonds. The molecule has 2 heterocycles. The van der Waals surface area contributed by atoms with E-state index in [2.05, 4.69) is 10.2 Å².